The summed E-state index contributed by atoms with van der Waals surface area (Å²) in [5.41, 5.74) is 0.937. The van der Waals surface area contributed by atoms with Crippen LogP contribution >= 0.6 is 11.3 Å². The highest BCUT2D eigenvalue weighted by Crippen LogP contribution is 2.26. The van der Waals surface area contributed by atoms with E-state index in [4.69, 9.17) is 4.74 Å². The summed E-state index contributed by atoms with van der Waals surface area (Å²) >= 11 is 1.53. The number of anilines is 1. The molecule has 1 unspecified atom stereocenters. The average Bonchev–Trinajstić information content (AvgIpc) is 2.86. The first-order valence-corrected chi connectivity index (χ1v) is 6.88. The number of aryl methyl sites for hydroxylation is 1. The van der Waals surface area contributed by atoms with Crippen molar-refractivity contribution in [2.24, 2.45) is 0 Å². The lowest BCUT2D eigenvalue weighted by molar-refractivity contribution is 0.385. The third-order valence-electron chi connectivity index (χ3n) is 2.78. The minimum absolute atomic E-state index is 0.00663. The summed E-state index contributed by atoms with van der Waals surface area (Å²) in [6.07, 6.45) is 0.873. The molecule has 102 valence electrons. The van der Waals surface area contributed by atoms with Gasteiger partial charge in [-0.3, -0.25) is 0 Å². The van der Waals surface area contributed by atoms with E-state index in [1.807, 2.05) is 13.8 Å². The van der Waals surface area contributed by atoms with Crippen LogP contribution in [0, 0.1) is 5.82 Å². The van der Waals surface area contributed by atoms with Crippen molar-refractivity contribution in [1.82, 2.24) is 10.2 Å². The molecule has 2 aromatic rings. The molecule has 0 spiro atoms. The lowest BCUT2D eigenvalue weighted by atomic mass is 10.1. The third kappa shape index (κ3) is 3.20. The molecular formula is C13H16FN3OS. The van der Waals surface area contributed by atoms with Crippen LogP contribution in [0.2, 0.25) is 0 Å². The Labute approximate surface area is 115 Å². The SMILES string of the molecule is CCc1nnc(NC(C)c2ccc(F)c(OC)c2)s1. The number of nitrogens with zero attached hydrogens (tertiary/aromatic N) is 2. The molecule has 0 aliphatic carbocycles. The molecule has 1 atom stereocenters. The lowest BCUT2D eigenvalue weighted by Crippen LogP contribution is -2.07. The zero-order chi connectivity index (χ0) is 13.8. The van der Waals surface area contributed by atoms with E-state index in [0.29, 0.717) is 0 Å². The second-order valence-corrected chi connectivity index (χ2v) is 5.18. The molecule has 1 heterocycles. The maximum atomic E-state index is 13.3. The number of benzene rings is 1. The summed E-state index contributed by atoms with van der Waals surface area (Å²) in [5, 5.41) is 13.1. The second-order valence-electron chi connectivity index (χ2n) is 4.11. The van der Waals surface area contributed by atoms with Crippen molar-refractivity contribution in [2.75, 3.05) is 12.4 Å². The Bertz CT molecular complexity index is 559. The monoisotopic (exact) mass is 281 g/mol. The topological polar surface area (TPSA) is 47.0 Å². The summed E-state index contributed by atoms with van der Waals surface area (Å²) in [6, 6.07) is 4.84. The van der Waals surface area contributed by atoms with Crippen molar-refractivity contribution in [3.63, 3.8) is 0 Å². The van der Waals surface area contributed by atoms with E-state index < -0.39 is 0 Å². The van der Waals surface area contributed by atoms with Crippen LogP contribution in [0.15, 0.2) is 18.2 Å². The van der Waals surface area contributed by atoms with Crippen molar-refractivity contribution in [3.05, 3.63) is 34.6 Å². The molecule has 0 bridgehead atoms. The fourth-order valence-electron chi connectivity index (χ4n) is 1.67. The molecular weight excluding hydrogens is 265 g/mol. The highest BCUT2D eigenvalue weighted by atomic mass is 32.1. The van der Waals surface area contributed by atoms with E-state index in [0.717, 1.165) is 22.1 Å². The van der Waals surface area contributed by atoms with Crippen LogP contribution in [0.5, 0.6) is 5.75 Å². The van der Waals surface area contributed by atoms with Gasteiger partial charge in [-0.05, 0) is 31.0 Å². The highest BCUT2D eigenvalue weighted by Gasteiger charge is 2.11. The number of rotatable bonds is 5. The first-order chi connectivity index (χ1) is 9.13. The number of hydrogen-bond donors (Lipinski definition) is 1. The summed E-state index contributed by atoms with van der Waals surface area (Å²) in [4.78, 5) is 0. The molecule has 0 saturated heterocycles. The fourth-order valence-corrected chi connectivity index (χ4v) is 2.44. The molecule has 0 aliphatic rings. The lowest BCUT2D eigenvalue weighted by Gasteiger charge is -2.14. The summed E-state index contributed by atoms with van der Waals surface area (Å²) in [5.74, 6) is -0.111. The summed E-state index contributed by atoms with van der Waals surface area (Å²) < 4.78 is 18.3. The molecule has 1 aromatic heterocycles. The third-order valence-corrected chi connectivity index (χ3v) is 3.78. The van der Waals surface area contributed by atoms with Crippen molar-refractivity contribution in [3.8, 4) is 5.75 Å². The molecule has 2 rings (SSSR count). The maximum absolute atomic E-state index is 13.3. The van der Waals surface area contributed by atoms with Crippen LogP contribution < -0.4 is 10.1 Å². The minimum Gasteiger partial charge on any atom is -0.494 e. The van der Waals surface area contributed by atoms with E-state index in [9.17, 15) is 4.39 Å². The maximum Gasteiger partial charge on any atom is 0.206 e. The minimum atomic E-state index is -0.359. The quantitative estimate of drug-likeness (QED) is 0.912. The zero-order valence-corrected chi connectivity index (χ0v) is 11.9. The van der Waals surface area contributed by atoms with Gasteiger partial charge in [0.05, 0.1) is 13.2 Å². The molecule has 1 aromatic carbocycles. The number of halogens is 1. The van der Waals surface area contributed by atoms with Crippen molar-refractivity contribution in [1.29, 1.82) is 0 Å². The Morgan fingerprint density at radius 1 is 1.42 bits per heavy atom. The van der Waals surface area contributed by atoms with E-state index in [1.165, 1.54) is 24.5 Å². The Morgan fingerprint density at radius 2 is 2.21 bits per heavy atom. The van der Waals surface area contributed by atoms with Crippen LogP contribution in [-0.2, 0) is 6.42 Å². The van der Waals surface area contributed by atoms with Crippen molar-refractivity contribution in [2.45, 2.75) is 26.3 Å². The van der Waals surface area contributed by atoms with Gasteiger partial charge in [0.2, 0.25) is 5.13 Å². The van der Waals surface area contributed by atoms with Crippen LogP contribution in [0.4, 0.5) is 9.52 Å². The van der Waals surface area contributed by atoms with Gasteiger partial charge in [0.15, 0.2) is 11.6 Å². The number of methoxy groups -OCH3 is 1. The number of nitrogens with one attached hydrogen (secondary N) is 1. The zero-order valence-electron chi connectivity index (χ0n) is 11.1. The first kappa shape index (κ1) is 13.7. The predicted molar refractivity (Wildman–Crippen MR) is 74.3 cm³/mol. The van der Waals surface area contributed by atoms with E-state index in [1.54, 1.807) is 12.1 Å². The van der Waals surface area contributed by atoms with Gasteiger partial charge in [-0.2, -0.15) is 0 Å². The summed E-state index contributed by atoms with van der Waals surface area (Å²) in [7, 11) is 1.46. The van der Waals surface area contributed by atoms with Gasteiger partial charge in [-0.25, -0.2) is 4.39 Å². The Kier molecular flexibility index (Phi) is 4.31. The second kappa shape index (κ2) is 5.97. The van der Waals surface area contributed by atoms with Crippen molar-refractivity contribution >= 4 is 16.5 Å². The molecule has 0 amide bonds. The fraction of sp³-hybridized carbons (Fsp3) is 0.385. The molecule has 0 saturated carbocycles. The smallest absolute Gasteiger partial charge is 0.206 e. The van der Waals surface area contributed by atoms with E-state index in [-0.39, 0.29) is 17.6 Å². The molecule has 1 N–H and O–H groups in total. The van der Waals surface area contributed by atoms with Gasteiger partial charge in [0.25, 0.3) is 0 Å². The Morgan fingerprint density at radius 3 is 2.84 bits per heavy atom. The van der Waals surface area contributed by atoms with Gasteiger partial charge < -0.3 is 10.1 Å². The van der Waals surface area contributed by atoms with Crippen LogP contribution in [0.25, 0.3) is 0 Å². The molecule has 19 heavy (non-hydrogen) atoms. The molecule has 4 nitrogen and oxygen atoms in total. The normalized spacial score (nSPS) is 12.2. The van der Waals surface area contributed by atoms with Gasteiger partial charge in [-0.1, -0.05) is 24.3 Å². The molecule has 0 fully saturated rings. The molecule has 6 heteroatoms. The molecule has 0 aliphatic heterocycles. The van der Waals surface area contributed by atoms with Crippen LogP contribution in [0.3, 0.4) is 0 Å². The number of aromatic nitrogens is 2. The average molecular weight is 281 g/mol. The van der Waals surface area contributed by atoms with E-state index >= 15 is 0 Å². The molecule has 0 radical (unpaired) electrons. The predicted octanol–water partition coefficient (Wildman–Crippen LogP) is 3.42. The van der Waals surface area contributed by atoms with Gasteiger partial charge in [0.1, 0.15) is 5.01 Å². The van der Waals surface area contributed by atoms with Gasteiger partial charge in [-0.15, -0.1) is 10.2 Å². The Balaban J connectivity index is 2.12. The first-order valence-electron chi connectivity index (χ1n) is 6.06. The van der Waals surface area contributed by atoms with Crippen LogP contribution in [0.1, 0.15) is 30.5 Å². The number of ether oxygens (including phenoxy) is 1. The standard InChI is InChI=1S/C13H16FN3OS/c1-4-12-16-17-13(19-12)15-8(2)9-5-6-10(14)11(7-9)18-3/h5-8H,4H2,1-3H3,(H,15,17). The van der Waals surface area contributed by atoms with Gasteiger partial charge >= 0.3 is 0 Å². The van der Waals surface area contributed by atoms with Crippen molar-refractivity contribution < 1.29 is 9.13 Å². The van der Waals surface area contributed by atoms with Crippen LogP contribution in [-0.4, -0.2) is 17.3 Å². The Hall–Kier alpha value is -1.69. The number of hydrogen-bond acceptors (Lipinski definition) is 5. The van der Waals surface area contributed by atoms with E-state index in [2.05, 4.69) is 15.5 Å². The highest BCUT2D eigenvalue weighted by molar-refractivity contribution is 7.15. The largest absolute Gasteiger partial charge is 0.494 e. The van der Waals surface area contributed by atoms with Gasteiger partial charge in [0, 0.05) is 0 Å². The summed E-state index contributed by atoms with van der Waals surface area (Å²) in [6.45, 7) is 4.03.